The topological polar surface area (TPSA) is 70.7 Å². The third-order valence-corrected chi connectivity index (χ3v) is 5.25. The second-order valence-corrected chi connectivity index (χ2v) is 7.09. The Hall–Kier alpha value is -2.24. The first kappa shape index (κ1) is 17.6. The predicted molar refractivity (Wildman–Crippen MR) is 96.8 cm³/mol. The molecule has 0 radical (unpaired) electrons. The summed E-state index contributed by atoms with van der Waals surface area (Å²) >= 11 is 0. The van der Waals surface area contributed by atoms with E-state index in [9.17, 15) is 9.59 Å². The lowest BCUT2D eigenvalue weighted by Gasteiger charge is -2.30. The minimum atomic E-state index is -0.169. The standard InChI is InChI=1S/C19H27N3O3/c1-13-6-3-4-9-17(13)21-19(24)20-14-10-18(23)22(12-14)15-7-5-8-16(11-15)25-2/h5,7-8,11,13-14,17H,3-4,6,9-10,12H2,1-2H3,(H2,20,21,24)/t13-,14-,17-/m1/s1. The van der Waals surface area contributed by atoms with Gasteiger partial charge in [-0.05, 0) is 30.9 Å². The molecule has 1 saturated heterocycles. The van der Waals surface area contributed by atoms with Crippen LogP contribution in [0, 0.1) is 5.92 Å². The van der Waals surface area contributed by atoms with E-state index in [1.54, 1.807) is 12.0 Å². The Morgan fingerprint density at radius 3 is 2.80 bits per heavy atom. The molecule has 1 saturated carbocycles. The van der Waals surface area contributed by atoms with Gasteiger partial charge in [0, 0.05) is 30.8 Å². The van der Waals surface area contributed by atoms with Crippen LogP contribution in [-0.4, -0.2) is 37.7 Å². The summed E-state index contributed by atoms with van der Waals surface area (Å²) in [7, 11) is 1.60. The highest BCUT2D eigenvalue weighted by Gasteiger charge is 2.32. The summed E-state index contributed by atoms with van der Waals surface area (Å²) in [5, 5.41) is 6.05. The molecule has 0 unspecified atom stereocenters. The van der Waals surface area contributed by atoms with Crippen LogP contribution in [0.25, 0.3) is 0 Å². The van der Waals surface area contributed by atoms with E-state index in [-0.39, 0.29) is 24.0 Å². The quantitative estimate of drug-likeness (QED) is 0.881. The van der Waals surface area contributed by atoms with Crippen LogP contribution in [-0.2, 0) is 4.79 Å². The van der Waals surface area contributed by atoms with E-state index in [1.807, 2.05) is 24.3 Å². The third kappa shape index (κ3) is 4.24. The molecule has 0 bridgehead atoms. The van der Waals surface area contributed by atoms with E-state index >= 15 is 0 Å². The summed E-state index contributed by atoms with van der Waals surface area (Å²) in [6.07, 6.45) is 4.93. The molecule has 1 aromatic carbocycles. The Morgan fingerprint density at radius 1 is 1.24 bits per heavy atom. The van der Waals surface area contributed by atoms with Crippen LogP contribution in [0.3, 0.4) is 0 Å². The number of anilines is 1. The smallest absolute Gasteiger partial charge is 0.315 e. The van der Waals surface area contributed by atoms with Crippen molar-refractivity contribution < 1.29 is 14.3 Å². The van der Waals surface area contributed by atoms with Crippen molar-refractivity contribution >= 4 is 17.6 Å². The molecule has 136 valence electrons. The minimum Gasteiger partial charge on any atom is -0.497 e. The maximum Gasteiger partial charge on any atom is 0.315 e. The second-order valence-electron chi connectivity index (χ2n) is 7.09. The highest BCUT2D eigenvalue weighted by Crippen LogP contribution is 2.26. The Labute approximate surface area is 148 Å². The molecule has 1 aliphatic carbocycles. The Bertz CT molecular complexity index is 634. The van der Waals surface area contributed by atoms with Crippen molar-refractivity contribution in [3.63, 3.8) is 0 Å². The van der Waals surface area contributed by atoms with E-state index in [0.717, 1.165) is 18.5 Å². The van der Waals surface area contributed by atoms with Crippen LogP contribution >= 0.6 is 0 Å². The Morgan fingerprint density at radius 2 is 2.04 bits per heavy atom. The first-order valence-corrected chi connectivity index (χ1v) is 9.08. The van der Waals surface area contributed by atoms with Crippen LogP contribution in [0.5, 0.6) is 5.75 Å². The predicted octanol–water partition coefficient (Wildman–Crippen LogP) is 2.68. The molecule has 1 aliphatic heterocycles. The van der Waals surface area contributed by atoms with Gasteiger partial charge in [0.1, 0.15) is 5.75 Å². The maximum absolute atomic E-state index is 12.3. The lowest BCUT2D eigenvalue weighted by Crippen LogP contribution is -2.49. The van der Waals surface area contributed by atoms with Gasteiger partial charge >= 0.3 is 6.03 Å². The zero-order valence-corrected chi connectivity index (χ0v) is 15.0. The number of urea groups is 1. The number of methoxy groups -OCH3 is 1. The number of nitrogens with one attached hydrogen (secondary N) is 2. The SMILES string of the molecule is COc1cccc(N2C[C@H](NC(=O)N[C@@H]3CCCC[C@H]3C)CC2=O)c1. The van der Waals surface area contributed by atoms with Crippen LogP contribution in [0.2, 0.25) is 0 Å². The number of carbonyl (C=O) groups is 2. The molecule has 3 atom stereocenters. The number of nitrogens with zero attached hydrogens (tertiary/aromatic N) is 1. The zero-order chi connectivity index (χ0) is 17.8. The molecule has 2 aliphatic rings. The highest BCUT2D eigenvalue weighted by atomic mass is 16.5. The summed E-state index contributed by atoms with van der Waals surface area (Å²) in [5.41, 5.74) is 0.801. The molecule has 2 fully saturated rings. The fraction of sp³-hybridized carbons (Fsp3) is 0.579. The van der Waals surface area contributed by atoms with Gasteiger partial charge in [-0.1, -0.05) is 25.8 Å². The summed E-state index contributed by atoms with van der Waals surface area (Å²) < 4.78 is 5.22. The summed E-state index contributed by atoms with van der Waals surface area (Å²) in [6.45, 7) is 2.67. The largest absolute Gasteiger partial charge is 0.497 e. The van der Waals surface area contributed by atoms with Gasteiger partial charge in [0.2, 0.25) is 5.91 Å². The molecule has 1 aromatic rings. The van der Waals surface area contributed by atoms with Crippen molar-refractivity contribution in [1.29, 1.82) is 0 Å². The van der Waals surface area contributed by atoms with Gasteiger partial charge < -0.3 is 20.3 Å². The van der Waals surface area contributed by atoms with Crippen LogP contribution in [0.4, 0.5) is 10.5 Å². The van der Waals surface area contributed by atoms with Gasteiger partial charge in [0.25, 0.3) is 0 Å². The average molecular weight is 345 g/mol. The van der Waals surface area contributed by atoms with E-state index in [2.05, 4.69) is 17.6 Å². The van der Waals surface area contributed by atoms with Crippen molar-refractivity contribution in [2.75, 3.05) is 18.6 Å². The number of hydrogen-bond acceptors (Lipinski definition) is 3. The molecule has 6 nitrogen and oxygen atoms in total. The normalized spacial score (nSPS) is 26.4. The highest BCUT2D eigenvalue weighted by molar-refractivity contribution is 5.97. The van der Waals surface area contributed by atoms with Crippen molar-refractivity contribution in [2.45, 2.75) is 51.1 Å². The number of amides is 3. The van der Waals surface area contributed by atoms with Gasteiger partial charge in [-0.15, -0.1) is 0 Å². The first-order valence-electron chi connectivity index (χ1n) is 9.08. The number of hydrogen-bond donors (Lipinski definition) is 2. The van der Waals surface area contributed by atoms with Crippen molar-refractivity contribution in [3.05, 3.63) is 24.3 Å². The van der Waals surface area contributed by atoms with Gasteiger partial charge in [0.15, 0.2) is 0 Å². The van der Waals surface area contributed by atoms with Crippen LogP contribution in [0.1, 0.15) is 39.0 Å². The summed E-state index contributed by atoms with van der Waals surface area (Å²) in [6, 6.07) is 7.33. The number of carbonyl (C=O) groups excluding carboxylic acids is 2. The van der Waals surface area contributed by atoms with Crippen molar-refractivity contribution in [3.8, 4) is 5.75 Å². The average Bonchev–Trinajstić information content (AvgIpc) is 2.97. The Balaban J connectivity index is 1.56. The van der Waals surface area contributed by atoms with Gasteiger partial charge in [-0.3, -0.25) is 4.79 Å². The molecule has 0 spiro atoms. The molecule has 2 N–H and O–H groups in total. The van der Waals surface area contributed by atoms with E-state index in [4.69, 9.17) is 4.74 Å². The summed E-state index contributed by atoms with van der Waals surface area (Å²) in [4.78, 5) is 26.3. The lowest BCUT2D eigenvalue weighted by atomic mass is 9.86. The second kappa shape index (κ2) is 7.76. The van der Waals surface area contributed by atoms with E-state index in [0.29, 0.717) is 24.6 Å². The number of benzene rings is 1. The fourth-order valence-electron chi connectivity index (χ4n) is 3.76. The number of rotatable bonds is 4. The monoisotopic (exact) mass is 345 g/mol. The summed E-state index contributed by atoms with van der Waals surface area (Å²) in [5.74, 6) is 1.24. The Kier molecular flexibility index (Phi) is 5.46. The maximum atomic E-state index is 12.3. The van der Waals surface area contributed by atoms with E-state index < -0.39 is 0 Å². The van der Waals surface area contributed by atoms with Crippen LogP contribution in [0.15, 0.2) is 24.3 Å². The molecule has 3 rings (SSSR count). The lowest BCUT2D eigenvalue weighted by molar-refractivity contribution is -0.117. The molecular weight excluding hydrogens is 318 g/mol. The molecular formula is C19H27N3O3. The van der Waals surface area contributed by atoms with Crippen LogP contribution < -0.4 is 20.3 Å². The molecule has 6 heteroatoms. The van der Waals surface area contributed by atoms with Crippen molar-refractivity contribution in [1.82, 2.24) is 10.6 Å². The first-order chi connectivity index (χ1) is 12.1. The molecule has 3 amide bonds. The zero-order valence-electron chi connectivity index (χ0n) is 15.0. The van der Waals surface area contributed by atoms with Gasteiger partial charge in [-0.2, -0.15) is 0 Å². The molecule has 1 heterocycles. The third-order valence-electron chi connectivity index (χ3n) is 5.25. The van der Waals surface area contributed by atoms with E-state index in [1.165, 1.54) is 12.8 Å². The van der Waals surface area contributed by atoms with Gasteiger partial charge in [-0.25, -0.2) is 4.79 Å². The molecule has 25 heavy (non-hydrogen) atoms. The fourth-order valence-corrected chi connectivity index (χ4v) is 3.76. The molecule has 0 aromatic heterocycles. The van der Waals surface area contributed by atoms with Crippen molar-refractivity contribution in [2.24, 2.45) is 5.92 Å². The van der Waals surface area contributed by atoms with Gasteiger partial charge in [0.05, 0.1) is 13.2 Å². The minimum absolute atomic E-state index is 0.0181. The number of ether oxygens (including phenoxy) is 1.